The summed E-state index contributed by atoms with van der Waals surface area (Å²) in [5.74, 6) is 0.0952. The predicted octanol–water partition coefficient (Wildman–Crippen LogP) is 3.72. The Labute approximate surface area is 219 Å². The molecule has 3 aromatic rings. The number of amides is 1. The maximum atomic E-state index is 13.9. The minimum atomic E-state index is -3.31. The lowest BCUT2D eigenvalue weighted by molar-refractivity contribution is 0.0584. The highest BCUT2D eigenvalue weighted by atomic mass is 32.2. The Morgan fingerprint density at radius 2 is 1.43 bits per heavy atom. The van der Waals surface area contributed by atoms with Crippen LogP contribution in [0, 0.1) is 0 Å². The first-order chi connectivity index (χ1) is 18.0. The third-order valence-electron chi connectivity index (χ3n) is 8.41. The average molecular weight is 522 g/mol. The van der Waals surface area contributed by atoms with E-state index in [1.54, 1.807) is 4.31 Å². The highest BCUT2D eigenvalue weighted by Gasteiger charge is 2.38. The molecule has 0 bridgehead atoms. The van der Waals surface area contributed by atoms with Crippen molar-refractivity contribution < 1.29 is 17.9 Å². The van der Waals surface area contributed by atoms with Crippen LogP contribution in [-0.2, 0) is 14.8 Å². The van der Waals surface area contributed by atoms with Gasteiger partial charge in [0.1, 0.15) is 0 Å². The Morgan fingerprint density at radius 1 is 0.811 bits per heavy atom. The summed E-state index contributed by atoms with van der Waals surface area (Å²) in [7, 11) is -3.31. The zero-order valence-electron chi connectivity index (χ0n) is 21.2. The van der Waals surface area contributed by atoms with Crippen molar-refractivity contribution in [3.05, 3.63) is 60.2 Å². The van der Waals surface area contributed by atoms with Crippen molar-refractivity contribution >= 4 is 37.5 Å². The average Bonchev–Trinajstić information content (AvgIpc) is 2.96. The second kappa shape index (κ2) is 10.3. The van der Waals surface area contributed by atoms with Crippen LogP contribution in [0.15, 0.2) is 54.6 Å². The van der Waals surface area contributed by atoms with Gasteiger partial charge in [-0.05, 0) is 59.8 Å². The second-order valence-corrected chi connectivity index (χ2v) is 12.7. The van der Waals surface area contributed by atoms with Crippen LogP contribution in [0.3, 0.4) is 0 Å². The molecule has 8 heteroatoms. The van der Waals surface area contributed by atoms with Crippen LogP contribution >= 0.6 is 0 Å². The Morgan fingerprint density at radius 3 is 2.08 bits per heavy atom. The molecule has 1 atom stereocenters. The zero-order valence-corrected chi connectivity index (χ0v) is 22.0. The monoisotopic (exact) mass is 521 g/mol. The van der Waals surface area contributed by atoms with E-state index in [9.17, 15) is 13.2 Å². The van der Waals surface area contributed by atoms with Gasteiger partial charge in [-0.2, -0.15) is 4.31 Å². The number of carbonyl (C=O) groups is 1. The van der Waals surface area contributed by atoms with E-state index in [1.165, 1.54) is 0 Å². The van der Waals surface area contributed by atoms with Gasteiger partial charge in [-0.15, -0.1) is 0 Å². The lowest BCUT2D eigenvalue weighted by Crippen LogP contribution is -2.54. The van der Waals surface area contributed by atoms with E-state index in [0.29, 0.717) is 52.0 Å². The molecule has 3 aliphatic rings. The van der Waals surface area contributed by atoms with Gasteiger partial charge in [-0.1, -0.05) is 48.5 Å². The molecule has 0 aromatic heterocycles. The quantitative estimate of drug-likeness (QED) is 0.490. The van der Waals surface area contributed by atoms with E-state index in [0.717, 1.165) is 59.3 Å². The Kier molecular flexibility index (Phi) is 6.92. The summed E-state index contributed by atoms with van der Waals surface area (Å²) in [5, 5.41) is 3.82. The normalized spacial score (nSPS) is 23.0. The first-order valence-corrected chi connectivity index (χ1v) is 15.0. The lowest BCUT2D eigenvalue weighted by Gasteiger charge is -2.43. The van der Waals surface area contributed by atoms with Gasteiger partial charge in [0.05, 0.1) is 24.0 Å². The fourth-order valence-electron chi connectivity index (χ4n) is 6.39. The number of fused-ring (bicyclic) bond motifs is 2. The van der Waals surface area contributed by atoms with Crippen LogP contribution in [0.5, 0.6) is 0 Å². The van der Waals surface area contributed by atoms with Gasteiger partial charge in [0, 0.05) is 38.8 Å². The molecule has 1 unspecified atom stereocenters. The summed E-state index contributed by atoms with van der Waals surface area (Å²) in [6.07, 6.45) is 3.37. The number of ether oxygens (including phenoxy) is 1. The Balaban J connectivity index is 1.16. The van der Waals surface area contributed by atoms with Gasteiger partial charge in [-0.25, -0.2) is 8.42 Å². The van der Waals surface area contributed by atoms with E-state index in [1.807, 2.05) is 41.3 Å². The van der Waals surface area contributed by atoms with E-state index in [-0.39, 0.29) is 11.2 Å². The molecule has 0 spiro atoms. The number of likely N-dealkylation sites (tertiary alicyclic amines) is 2. The molecule has 0 N–H and O–H groups in total. The van der Waals surface area contributed by atoms with Gasteiger partial charge in [-0.3, -0.25) is 9.69 Å². The first-order valence-electron chi connectivity index (χ1n) is 13.5. The van der Waals surface area contributed by atoms with E-state index in [2.05, 4.69) is 23.1 Å². The molecular formula is C29H35N3O4S. The third kappa shape index (κ3) is 4.76. The van der Waals surface area contributed by atoms with Crippen molar-refractivity contribution in [2.24, 2.45) is 0 Å². The molecule has 196 valence electrons. The number of benzene rings is 3. The van der Waals surface area contributed by atoms with Crippen LogP contribution in [-0.4, -0.2) is 92.2 Å². The van der Waals surface area contributed by atoms with Gasteiger partial charge in [0.2, 0.25) is 10.0 Å². The van der Waals surface area contributed by atoms with Crippen LogP contribution in [0.25, 0.3) is 21.5 Å². The second-order valence-electron chi connectivity index (χ2n) is 10.5. The molecule has 0 aliphatic carbocycles. The predicted molar refractivity (Wildman–Crippen MR) is 146 cm³/mol. The molecule has 3 saturated heterocycles. The van der Waals surface area contributed by atoms with E-state index in [4.69, 9.17) is 4.74 Å². The van der Waals surface area contributed by atoms with Crippen molar-refractivity contribution in [3.8, 4) is 0 Å². The molecule has 1 amide bonds. The fourth-order valence-corrected chi connectivity index (χ4v) is 8.31. The Hall–Kier alpha value is -2.52. The summed E-state index contributed by atoms with van der Waals surface area (Å²) in [6, 6.07) is 18.7. The molecule has 0 saturated carbocycles. The van der Waals surface area contributed by atoms with Gasteiger partial charge >= 0.3 is 0 Å². The van der Waals surface area contributed by atoms with Gasteiger partial charge in [0.25, 0.3) is 5.91 Å². The van der Waals surface area contributed by atoms with Crippen molar-refractivity contribution in [1.82, 2.24) is 14.1 Å². The summed E-state index contributed by atoms with van der Waals surface area (Å²) < 4.78 is 33.5. The maximum absolute atomic E-state index is 13.9. The highest BCUT2D eigenvalue weighted by Crippen LogP contribution is 2.31. The number of nitrogens with zero attached hydrogens (tertiary/aromatic N) is 3. The van der Waals surface area contributed by atoms with E-state index >= 15 is 0 Å². The van der Waals surface area contributed by atoms with Crippen molar-refractivity contribution in [3.63, 3.8) is 0 Å². The van der Waals surface area contributed by atoms with Crippen LogP contribution in [0.1, 0.15) is 36.0 Å². The van der Waals surface area contributed by atoms with Crippen LogP contribution in [0.2, 0.25) is 0 Å². The first kappa shape index (κ1) is 24.8. The standard InChI is InChI=1S/C29H35N3O4S/c33-29(28-26-9-3-1-6-22(26)20-23-7-2-4-10-27(23)28)30-14-11-24(12-15-30)31-13-5-8-25(21-31)37(34,35)32-16-18-36-19-17-32/h1-4,6-7,9-10,20,24-25H,5,8,11-19,21H2. The molecule has 3 heterocycles. The Bertz CT molecular complexity index is 1340. The summed E-state index contributed by atoms with van der Waals surface area (Å²) in [5.41, 5.74) is 0.793. The van der Waals surface area contributed by atoms with Crippen molar-refractivity contribution in [1.29, 1.82) is 0 Å². The number of hydrogen-bond acceptors (Lipinski definition) is 5. The van der Waals surface area contributed by atoms with Crippen molar-refractivity contribution in [2.75, 3.05) is 52.5 Å². The van der Waals surface area contributed by atoms with Crippen LogP contribution < -0.4 is 0 Å². The largest absolute Gasteiger partial charge is 0.379 e. The van der Waals surface area contributed by atoms with Gasteiger partial charge in [0.15, 0.2) is 0 Å². The number of carbonyl (C=O) groups excluding carboxylic acids is 1. The molecule has 6 rings (SSSR count). The summed E-state index contributed by atoms with van der Waals surface area (Å²) in [6.45, 7) is 4.79. The molecule has 0 radical (unpaired) electrons. The molecule has 3 aromatic carbocycles. The van der Waals surface area contributed by atoms with Crippen LogP contribution in [0.4, 0.5) is 0 Å². The number of hydrogen-bond donors (Lipinski definition) is 0. The van der Waals surface area contributed by atoms with E-state index < -0.39 is 10.0 Å². The molecule has 3 fully saturated rings. The maximum Gasteiger partial charge on any atom is 0.255 e. The third-order valence-corrected chi connectivity index (χ3v) is 10.7. The molecule has 7 nitrogen and oxygen atoms in total. The number of morpholine rings is 1. The summed E-state index contributed by atoms with van der Waals surface area (Å²) in [4.78, 5) is 18.3. The zero-order chi connectivity index (χ0) is 25.4. The fraction of sp³-hybridized carbons (Fsp3) is 0.483. The minimum absolute atomic E-state index is 0.0952. The number of rotatable bonds is 4. The summed E-state index contributed by atoms with van der Waals surface area (Å²) >= 11 is 0. The topological polar surface area (TPSA) is 70.2 Å². The number of sulfonamides is 1. The van der Waals surface area contributed by atoms with Gasteiger partial charge < -0.3 is 9.64 Å². The molecular weight excluding hydrogens is 486 g/mol. The lowest BCUT2D eigenvalue weighted by atomic mass is 9.94. The molecule has 3 aliphatic heterocycles. The number of piperidine rings is 2. The smallest absolute Gasteiger partial charge is 0.255 e. The SMILES string of the molecule is O=C(c1c2ccccc2cc2ccccc12)N1CCC(N2CCCC(S(=O)(=O)N3CCOCC3)C2)CC1. The highest BCUT2D eigenvalue weighted by molar-refractivity contribution is 7.89. The minimum Gasteiger partial charge on any atom is -0.379 e. The molecule has 37 heavy (non-hydrogen) atoms. The van der Waals surface area contributed by atoms with Crippen molar-refractivity contribution in [2.45, 2.75) is 37.0 Å².